The fourth-order valence-corrected chi connectivity index (χ4v) is 2.92. The summed E-state index contributed by atoms with van der Waals surface area (Å²) in [5.74, 6) is -0.949. The second-order valence-electron chi connectivity index (χ2n) is 6.06. The Hall–Kier alpha value is -3.33. The SMILES string of the molecule is O=C(O)/C=C(\c1ccccc1)N(Cc1ccccc1)Cc1ccccc1. The molecule has 3 aromatic rings. The first-order valence-electron chi connectivity index (χ1n) is 8.55. The summed E-state index contributed by atoms with van der Waals surface area (Å²) < 4.78 is 0. The lowest BCUT2D eigenvalue weighted by atomic mass is 10.1. The average Bonchev–Trinajstić information content (AvgIpc) is 2.68. The monoisotopic (exact) mass is 343 g/mol. The molecule has 0 bridgehead atoms. The van der Waals surface area contributed by atoms with Crippen molar-refractivity contribution in [3.63, 3.8) is 0 Å². The van der Waals surface area contributed by atoms with E-state index < -0.39 is 5.97 Å². The molecule has 3 rings (SSSR count). The summed E-state index contributed by atoms with van der Waals surface area (Å²) in [5.41, 5.74) is 3.86. The van der Waals surface area contributed by atoms with Crippen molar-refractivity contribution in [1.82, 2.24) is 4.90 Å². The minimum atomic E-state index is -0.949. The molecule has 0 atom stereocenters. The van der Waals surface area contributed by atoms with Crippen LogP contribution in [0.1, 0.15) is 16.7 Å². The molecule has 0 saturated heterocycles. The van der Waals surface area contributed by atoms with E-state index in [0.717, 1.165) is 16.7 Å². The predicted octanol–water partition coefficient (Wildman–Crippen LogP) is 4.81. The smallest absolute Gasteiger partial charge is 0.330 e. The van der Waals surface area contributed by atoms with Crippen molar-refractivity contribution >= 4 is 11.7 Å². The molecule has 3 nitrogen and oxygen atoms in total. The Kier molecular flexibility index (Phi) is 5.84. The minimum absolute atomic E-state index is 0.629. The predicted molar refractivity (Wildman–Crippen MR) is 104 cm³/mol. The van der Waals surface area contributed by atoms with E-state index >= 15 is 0 Å². The number of carbonyl (C=O) groups is 1. The van der Waals surface area contributed by atoms with Crippen molar-refractivity contribution in [3.05, 3.63) is 114 Å². The van der Waals surface area contributed by atoms with E-state index in [1.54, 1.807) is 0 Å². The summed E-state index contributed by atoms with van der Waals surface area (Å²) in [5, 5.41) is 9.42. The van der Waals surface area contributed by atoms with Gasteiger partial charge >= 0.3 is 5.97 Å². The molecule has 0 saturated carbocycles. The maximum absolute atomic E-state index is 11.5. The van der Waals surface area contributed by atoms with Crippen LogP contribution >= 0.6 is 0 Å². The first-order valence-corrected chi connectivity index (χ1v) is 8.55. The summed E-state index contributed by atoms with van der Waals surface area (Å²) in [4.78, 5) is 13.6. The highest BCUT2D eigenvalue weighted by atomic mass is 16.4. The molecule has 0 aromatic heterocycles. The van der Waals surface area contributed by atoms with Crippen LogP contribution in [-0.4, -0.2) is 16.0 Å². The molecule has 0 aliphatic heterocycles. The van der Waals surface area contributed by atoms with E-state index in [1.165, 1.54) is 6.08 Å². The summed E-state index contributed by atoms with van der Waals surface area (Å²) in [7, 11) is 0. The highest BCUT2D eigenvalue weighted by Crippen LogP contribution is 2.24. The van der Waals surface area contributed by atoms with Crippen molar-refractivity contribution in [2.45, 2.75) is 13.1 Å². The highest BCUT2D eigenvalue weighted by molar-refractivity contribution is 5.89. The molecule has 3 heteroatoms. The molecule has 0 fully saturated rings. The van der Waals surface area contributed by atoms with Crippen LogP contribution < -0.4 is 0 Å². The highest BCUT2D eigenvalue weighted by Gasteiger charge is 2.15. The fourth-order valence-electron chi connectivity index (χ4n) is 2.92. The summed E-state index contributed by atoms with van der Waals surface area (Å²) in [6, 6.07) is 29.9. The van der Waals surface area contributed by atoms with E-state index in [2.05, 4.69) is 29.2 Å². The molecule has 0 aliphatic rings. The Balaban J connectivity index is 1.99. The van der Waals surface area contributed by atoms with E-state index in [4.69, 9.17) is 0 Å². The van der Waals surface area contributed by atoms with Gasteiger partial charge in [0.2, 0.25) is 0 Å². The molecule has 1 N–H and O–H groups in total. The third kappa shape index (κ3) is 4.84. The Bertz CT molecular complexity index is 817. The molecular formula is C23H21NO2. The second kappa shape index (κ2) is 8.67. The van der Waals surface area contributed by atoms with Gasteiger partial charge in [0.1, 0.15) is 0 Å². The van der Waals surface area contributed by atoms with Crippen LogP contribution in [0.25, 0.3) is 5.70 Å². The van der Waals surface area contributed by atoms with E-state index in [-0.39, 0.29) is 0 Å². The number of carboxylic acid groups (broad SMARTS) is 1. The van der Waals surface area contributed by atoms with Crippen molar-refractivity contribution in [2.24, 2.45) is 0 Å². The molecule has 130 valence electrons. The topological polar surface area (TPSA) is 40.5 Å². The van der Waals surface area contributed by atoms with Gasteiger partial charge in [-0.2, -0.15) is 0 Å². The average molecular weight is 343 g/mol. The van der Waals surface area contributed by atoms with Gasteiger partial charge in [0.05, 0.1) is 5.70 Å². The summed E-state index contributed by atoms with van der Waals surface area (Å²) in [6.07, 6.45) is 1.29. The molecule has 0 unspecified atom stereocenters. The molecule has 0 aliphatic carbocycles. The van der Waals surface area contributed by atoms with Gasteiger partial charge < -0.3 is 10.0 Å². The Morgan fingerprint density at radius 2 is 1.15 bits per heavy atom. The van der Waals surface area contributed by atoms with Crippen LogP contribution in [0, 0.1) is 0 Å². The largest absolute Gasteiger partial charge is 0.478 e. The van der Waals surface area contributed by atoms with Crippen LogP contribution in [-0.2, 0) is 17.9 Å². The van der Waals surface area contributed by atoms with Gasteiger partial charge in [-0.25, -0.2) is 4.79 Å². The molecule has 26 heavy (non-hydrogen) atoms. The third-order valence-corrected chi connectivity index (χ3v) is 4.10. The van der Waals surface area contributed by atoms with Crippen molar-refractivity contribution in [1.29, 1.82) is 0 Å². The Morgan fingerprint density at radius 3 is 1.58 bits per heavy atom. The standard InChI is InChI=1S/C23H21NO2/c25-23(26)16-22(21-14-8-3-9-15-21)24(17-19-10-4-1-5-11-19)18-20-12-6-2-7-13-20/h1-16H,17-18H2,(H,25,26)/b22-16+. The molecule has 3 aromatic carbocycles. The van der Waals surface area contributed by atoms with Gasteiger partial charge in [0, 0.05) is 19.2 Å². The zero-order valence-corrected chi connectivity index (χ0v) is 14.5. The summed E-state index contributed by atoms with van der Waals surface area (Å²) >= 11 is 0. The van der Waals surface area contributed by atoms with E-state index in [9.17, 15) is 9.90 Å². The first kappa shape index (κ1) is 17.5. The number of aliphatic carboxylic acids is 1. The van der Waals surface area contributed by atoms with E-state index in [1.807, 2.05) is 66.7 Å². The van der Waals surface area contributed by atoms with Crippen LogP contribution in [0.5, 0.6) is 0 Å². The van der Waals surface area contributed by atoms with Crippen LogP contribution in [0.2, 0.25) is 0 Å². The van der Waals surface area contributed by atoms with Gasteiger partial charge in [-0.1, -0.05) is 91.0 Å². The molecule has 0 heterocycles. The van der Waals surface area contributed by atoms with Crippen LogP contribution in [0.4, 0.5) is 0 Å². The maximum atomic E-state index is 11.5. The lowest BCUT2D eigenvalue weighted by Crippen LogP contribution is -2.22. The zero-order valence-electron chi connectivity index (χ0n) is 14.5. The normalized spacial score (nSPS) is 11.2. The van der Waals surface area contributed by atoms with Gasteiger partial charge in [0.25, 0.3) is 0 Å². The lowest BCUT2D eigenvalue weighted by molar-refractivity contribution is -0.131. The van der Waals surface area contributed by atoms with Gasteiger partial charge in [-0.05, 0) is 16.7 Å². The van der Waals surface area contributed by atoms with Crippen molar-refractivity contribution in [3.8, 4) is 0 Å². The minimum Gasteiger partial charge on any atom is -0.478 e. The van der Waals surface area contributed by atoms with Gasteiger partial charge in [-0.15, -0.1) is 0 Å². The lowest BCUT2D eigenvalue weighted by Gasteiger charge is -2.28. The van der Waals surface area contributed by atoms with Crippen molar-refractivity contribution < 1.29 is 9.90 Å². The maximum Gasteiger partial charge on any atom is 0.330 e. The van der Waals surface area contributed by atoms with Crippen LogP contribution in [0.3, 0.4) is 0 Å². The van der Waals surface area contributed by atoms with E-state index in [0.29, 0.717) is 18.8 Å². The fraction of sp³-hybridized carbons (Fsp3) is 0.0870. The van der Waals surface area contributed by atoms with Crippen LogP contribution in [0.15, 0.2) is 97.1 Å². The zero-order chi connectivity index (χ0) is 18.2. The Labute approximate surface area is 153 Å². The molecule has 0 radical (unpaired) electrons. The van der Waals surface area contributed by atoms with Gasteiger partial charge in [-0.3, -0.25) is 0 Å². The molecular weight excluding hydrogens is 322 g/mol. The molecule has 0 amide bonds. The number of benzene rings is 3. The van der Waals surface area contributed by atoms with Gasteiger partial charge in [0.15, 0.2) is 0 Å². The number of rotatable bonds is 7. The van der Waals surface area contributed by atoms with Crippen molar-refractivity contribution in [2.75, 3.05) is 0 Å². The number of nitrogens with zero attached hydrogens (tertiary/aromatic N) is 1. The summed E-state index contributed by atoms with van der Waals surface area (Å²) in [6.45, 7) is 1.26. The second-order valence-corrected chi connectivity index (χ2v) is 6.06. The third-order valence-electron chi connectivity index (χ3n) is 4.10. The number of carboxylic acids is 1. The Morgan fingerprint density at radius 1 is 0.731 bits per heavy atom. The first-order chi connectivity index (χ1) is 12.7. The number of hydrogen-bond donors (Lipinski definition) is 1. The quantitative estimate of drug-likeness (QED) is 0.626. The number of hydrogen-bond acceptors (Lipinski definition) is 2. The molecule has 0 spiro atoms.